The van der Waals surface area contributed by atoms with Gasteiger partial charge in [-0.2, -0.15) is 0 Å². The Kier molecular flexibility index (Phi) is 2.77. The van der Waals surface area contributed by atoms with E-state index in [4.69, 9.17) is 9.84 Å². The minimum atomic E-state index is -0.834. The molecule has 1 aliphatic carbocycles. The van der Waals surface area contributed by atoms with Gasteiger partial charge in [0.2, 0.25) is 0 Å². The summed E-state index contributed by atoms with van der Waals surface area (Å²) in [6.07, 6.45) is 1.46. The van der Waals surface area contributed by atoms with Gasteiger partial charge in [0.25, 0.3) is 0 Å². The van der Waals surface area contributed by atoms with E-state index in [1.54, 1.807) is 0 Å². The molecule has 15 heavy (non-hydrogen) atoms. The van der Waals surface area contributed by atoms with E-state index in [9.17, 15) is 9.59 Å². The Bertz CT molecular complexity index is 277. The van der Waals surface area contributed by atoms with E-state index in [0.29, 0.717) is 19.1 Å². The molecule has 1 aliphatic heterocycles. The first-order valence-corrected chi connectivity index (χ1v) is 5.05. The zero-order valence-electron chi connectivity index (χ0n) is 8.31. The van der Waals surface area contributed by atoms with Crippen molar-refractivity contribution >= 4 is 12.1 Å². The molecular formula is C9H14N2O4. The number of nitrogens with one attached hydrogen (secondary N) is 1. The number of alkyl carbamates (subject to hydrolysis) is 1. The van der Waals surface area contributed by atoms with Crippen molar-refractivity contribution < 1.29 is 19.4 Å². The van der Waals surface area contributed by atoms with Crippen LogP contribution in [0.15, 0.2) is 0 Å². The van der Waals surface area contributed by atoms with Crippen LogP contribution in [0.5, 0.6) is 0 Å². The molecule has 6 nitrogen and oxygen atoms in total. The van der Waals surface area contributed by atoms with Gasteiger partial charge in [0, 0.05) is 12.6 Å². The molecule has 0 aromatic rings. The lowest BCUT2D eigenvalue weighted by molar-refractivity contribution is -0.138. The highest BCUT2D eigenvalue weighted by molar-refractivity contribution is 5.70. The summed E-state index contributed by atoms with van der Waals surface area (Å²) in [6, 6.07) is 0.361. The predicted octanol–water partition coefficient (Wildman–Crippen LogP) is -0.356. The standard InChI is InChI=1S/C9H14N2O4/c12-8(13)5-11(6-1-2-6)4-7-3-10-9(14)15-7/h6-7H,1-5H2,(H,10,14)(H,12,13). The number of amides is 1. The van der Waals surface area contributed by atoms with E-state index < -0.39 is 12.1 Å². The molecule has 2 aliphatic rings. The number of carbonyl (C=O) groups excluding carboxylic acids is 1. The van der Waals surface area contributed by atoms with Crippen molar-refractivity contribution in [3.05, 3.63) is 0 Å². The van der Waals surface area contributed by atoms with Crippen molar-refractivity contribution in [2.24, 2.45) is 0 Å². The molecule has 1 atom stereocenters. The van der Waals surface area contributed by atoms with E-state index in [1.807, 2.05) is 4.90 Å². The average Bonchev–Trinajstić information content (AvgIpc) is 2.90. The average molecular weight is 214 g/mol. The summed E-state index contributed by atoms with van der Waals surface area (Å²) in [5.41, 5.74) is 0. The van der Waals surface area contributed by atoms with Gasteiger partial charge in [0.05, 0.1) is 13.1 Å². The van der Waals surface area contributed by atoms with Gasteiger partial charge in [-0.15, -0.1) is 0 Å². The summed E-state index contributed by atoms with van der Waals surface area (Å²) in [7, 11) is 0. The van der Waals surface area contributed by atoms with Crippen LogP contribution in [-0.4, -0.2) is 53.8 Å². The van der Waals surface area contributed by atoms with Crippen molar-refractivity contribution in [3.63, 3.8) is 0 Å². The maximum Gasteiger partial charge on any atom is 0.407 e. The first-order valence-electron chi connectivity index (χ1n) is 5.05. The van der Waals surface area contributed by atoms with Crippen molar-refractivity contribution in [2.75, 3.05) is 19.6 Å². The van der Waals surface area contributed by atoms with E-state index in [-0.39, 0.29) is 12.6 Å². The zero-order chi connectivity index (χ0) is 10.8. The van der Waals surface area contributed by atoms with Gasteiger partial charge in [-0.05, 0) is 12.8 Å². The van der Waals surface area contributed by atoms with E-state index in [2.05, 4.69) is 5.32 Å². The highest BCUT2D eigenvalue weighted by Crippen LogP contribution is 2.27. The minimum Gasteiger partial charge on any atom is -0.480 e. The number of carboxylic acids is 1. The molecule has 1 unspecified atom stereocenters. The molecule has 0 bridgehead atoms. The zero-order valence-corrected chi connectivity index (χ0v) is 8.31. The second-order valence-electron chi connectivity index (χ2n) is 3.96. The summed E-state index contributed by atoms with van der Waals surface area (Å²) in [5.74, 6) is -0.834. The first kappa shape index (κ1) is 10.2. The molecule has 1 saturated carbocycles. The SMILES string of the molecule is O=C(O)CN(CC1CNC(=O)O1)C1CC1. The minimum absolute atomic E-state index is 0.0265. The summed E-state index contributed by atoms with van der Waals surface area (Å²) in [4.78, 5) is 23.3. The molecule has 2 fully saturated rings. The quantitative estimate of drug-likeness (QED) is 0.653. The van der Waals surface area contributed by atoms with Crippen LogP contribution in [0.25, 0.3) is 0 Å². The number of carbonyl (C=O) groups is 2. The molecule has 2 rings (SSSR count). The molecule has 1 amide bonds. The first-order chi connectivity index (χ1) is 7.15. The van der Waals surface area contributed by atoms with E-state index >= 15 is 0 Å². The number of rotatable bonds is 5. The topological polar surface area (TPSA) is 78.9 Å². The summed E-state index contributed by atoms with van der Waals surface area (Å²) >= 11 is 0. The van der Waals surface area contributed by atoms with Gasteiger partial charge in [-0.1, -0.05) is 0 Å². The number of hydrogen-bond acceptors (Lipinski definition) is 4. The highest BCUT2D eigenvalue weighted by Gasteiger charge is 2.34. The Balaban J connectivity index is 1.83. The van der Waals surface area contributed by atoms with Crippen molar-refractivity contribution in [2.45, 2.75) is 25.0 Å². The summed E-state index contributed by atoms with van der Waals surface area (Å²) in [6.45, 7) is 1.01. The third-order valence-electron chi connectivity index (χ3n) is 2.59. The fourth-order valence-corrected chi connectivity index (χ4v) is 1.75. The molecule has 6 heteroatoms. The Hall–Kier alpha value is -1.30. The van der Waals surface area contributed by atoms with Crippen LogP contribution in [-0.2, 0) is 9.53 Å². The van der Waals surface area contributed by atoms with Crippen LogP contribution in [0.4, 0.5) is 4.79 Å². The van der Waals surface area contributed by atoms with Crippen LogP contribution >= 0.6 is 0 Å². The fourth-order valence-electron chi connectivity index (χ4n) is 1.75. The predicted molar refractivity (Wildman–Crippen MR) is 50.5 cm³/mol. The van der Waals surface area contributed by atoms with Gasteiger partial charge >= 0.3 is 12.1 Å². The van der Waals surface area contributed by atoms with Crippen molar-refractivity contribution in [1.82, 2.24) is 10.2 Å². The van der Waals surface area contributed by atoms with Crippen LogP contribution < -0.4 is 5.32 Å². The molecule has 0 aromatic carbocycles. The van der Waals surface area contributed by atoms with Crippen molar-refractivity contribution in [1.29, 1.82) is 0 Å². The van der Waals surface area contributed by atoms with Gasteiger partial charge in [-0.3, -0.25) is 9.69 Å². The van der Waals surface area contributed by atoms with Crippen LogP contribution in [0, 0.1) is 0 Å². The Morgan fingerprint density at radius 3 is 2.80 bits per heavy atom. The van der Waals surface area contributed by atoms with E-state index in [1.165, 1.54) is 0 Å². The number of ether oxygens (including phenoxy) is 1. The third-order valence-corrected chi connectivity index (χ3v) is 2.59. The maximum absolute atomic E-state index is 10.8. The van der Waals surface area contributed by atoms with Crippen molar-refractivity contribution in [3.8, 4) is 0 Å². The van der Waals surface area contributed by atoms with E-state index in [0.717, 1.165) is 12.8 Å². The number of nitrogens with zero attached hydrogens (tertiary/aromatic N) is 1. The highest BCUT2D eigenvalue weighted by atomic mass is 16.6. The monoisotopic (exact) mass is 214 g/mol. The molecule has 84 valence electrons. The lowest BCUT2D eigenvalue weighted by Gasteiger charge is -2.21. The second kappa shape index (κ2) is 4.06. The Morgan fingerprint density at radius 2 is 2.33 bits per heavy atom. The molecule has 1 saturated heterocycles. The number of hydrogen-bond donors (Lipinski definition) is 2. The number of carboxylic acid groups (broad SMARTS) is 1. The second-order valence-corrected chi connectivity index (χ2v) is 3.96. The Morgan fingerprint density at radius 1 is 1.60 bits per heavy atom. The van der Waals surface area contributed by atoms with Crippen LogP contribution in [0.2, 0.25) is 0 Å². The van der Waals surface area contributed by atoms with Crippen LogP contribution in [0.3, 0.4) is 0 Å². The van der Waals surface area contributed by atoms with Gasteiger partial charge < -0.3 is 15.2 Å². The molecule has 2 N–H and O–H groups in total. The smallest absolute Gasteiger partial charge is 0.407 e. The fraction of sp³-hybridized carbons (Fsp3) is 0.778. The number of aliphatic carboxylic acids is 1. The molecule has 1 heterocycles. The Labute approximate surface area is 87.2 Å². The third kappa shape index (κ3) is 2.82. The molecule has 0 radical (unpaired) electrons. The van der Waals surface area contributed by atoms with Crippen LogP contribution in [0.1, 0.15) is 12.8 Å². The molecule has 0 aromatic heterocycles. The lowest BCUT2D eigenvalue weighted by atomic mass is 10.3. The molecular weight excluding hydrogens is 200 g/mol. The number of cyclic esters (lactones) is 1. The molecule has 0 spiro atoms. The van der Waals surface area contributed by atoms with Gasteiger partial charge in [0.15, 0.2) is 0 Å². The summed E-state index contributed by atoms with van der Waals surface area (Å²) in [5, 5.41) is 11.3. The summed E-state index contributed by atoms with van der Waals surface area (Å²) < 4.78 is 4.97. The maximum atomic E-state index is 10.8. The normalized spacial score (nSPS) is 25.1. The van der Waals surface area contributed by atoms with Gasteiger partial charge in [0.1, 0.15) is 6.10 Å². The largest absolute Gasteiger partial charge is 0.480 e. The van der Waals surface area contributed by atoms with Gasteiger partial charge in [-0.25, -0.2) is 4.79 Å². The lowest BCUT2D eigenvalue weighted by Crippen LogP contribution is -2.39.